The number of morpholine rings is 1. The fraction of sp³-hybridized carbons (Fsp3) is 0.562. The summed E-state index contributed by atoms with van der Waals surface area (Å²) < 4.78 is 12.4. The average molecular weight is 369 g/mol. The molecule has 0 aliphatic carbocycles. The summed E-state index contributed by atoms with van der Waals surface area (Å²) in [5.41, 5.74) is 0. The van der Waals surface area contributed by atoms with Gasteiger partial charge in [-0.1, -0.05) is 12.1 Å². The monoisotopic (exact) mass is 368 g/mol. The summed E-state index contributed by atoms with van der Waals surface area (Å²) in [6.07, 6.45) is -0.387. The minimum absolute atomic E-state index is 0.0159. The Kier molecular flexibility index (Phi) is 4.70. The first-order valence-corrected chi connectivity index (χ1v) is 8.37. The molecule has 1 amide bonds. The van der Waals surface area contributed by atoms with Crippen molar-refractivity contribution in [2.75, 3.05) is 33.3 Å². The van der Waals surface area contributed by atoms with Crippen molar-refractivity contribution in [2.24, 2.45) is 0 Å². The Hall–Kier alpha value is -1.11. The standard InChI is InChI=1S/C16H21BrN2O3/c1-11(22-14-6-4-3-5-12(14)17)16(20)19-9-13-15(10-19)21-8-7-18(13)2/h3-6,11,13,15H,7-10H2,1-2H3/t11-,13-,15-/m0/s1. The van der Waals surface area contributed by atoms with Crippen molar-refractivity contribution in [3.8, 4) is 5.75 Å². The van der Waals surface area contributed by atoms with Gasteiger partial charge < -0.3 is 14.4 Å². The van der Waals surface area contributed by atoms with Crippen LogP contribution in [0.1, 0.15) is 6.92 Å². The third kappa shape index (κ3) is 3.14. The fourth-order valence-corrected chi connectivity index (χ4v) is 3.45. The average Bonchev–Trinajstić information content (AvgIpc) is 2.94. The smallest absolute Gasteiger partial charge is 0.263 e. The molecular weight excluding hydrogens is 348 g/mol. The highest BCUT2D eigenvalue weighted by Crippen LogP contribution is 2.26. The van der Waals surface area contributed by atoms with E-state index in [1.54, 1.807) is 6.92 Å². The SMILES string of the molecule is C[C@H](Oc1ccccc1Br)C(=O)N1C[C@@H]2OCCN(C)[C@H]2C1. The zero-order valence-electron chi connectivity index (χ0n) is 12.9. The summed E-state index contributed by atoms with van der Waals surface area (Å²) in [7, 11) is 2.09. The van der Waals surface area contributed by atoms with Gasteiger partial charge >= 0.3 is 0 Å². The van der Waals surface area contributed by atoms with Gasteiger partial charge in [0, 0.05) is 19.6 Å². The van der Waals surface area contributed by atoms with E-state index in [1.165, 1.54) is 0 Å². The second kappa shape index (κ2) is 6.56. The molecule has 0 aromatic heterocycles. The largest absolute Gasteiger partial charge is 0.480 e. The highest BCUT2D eigenvalue weighted by molar-refractivity contribution is 9.10. The number of likely N-dealkylation sites (N-methyl/N-ethyl adjacent to an activating group) is 1. The number of nitrogens with zero attached hydrogens (tertiary/aromatic N) is 2. The molecule has 0 radical (unpaired) electrons. The Balaban J connectivity index is 1.63. The van der Waals surface area contributed by atoms with E-state index in [0.29, 0.717) is 24.9 Å². The van der Waals surface area contributed by atoms with Crippen LogP contribution in [0.2, 0.25) is 0 Å². The number of rotatable bonds is 3. The van der Waals surface area contributed by atoms with E-state index < -0.39 is 6.10 Å². The lowest BCUT2D eigenvalue weighted by molar-refractivity contribution is -0.137. The molecule has 120 valence electrons. The zero-order valence-corrected chi connectivity index (χ0v) is 14.5. The quantitative estimate of drug-likeness (QED) is 0.815. The number of hydrogen-bond donors (Lipinski definition) is 0. The highest BCUT2D eigenvalue weighted by atomic mass is 79.9. The summed E-state index contributed by atoms with van der Waals surface area (Å²) in [5.74, 6) is 0.704. The van der Waals surface area contributed by atoms with Gasteiger partial charge in [0.1, 0.15) is 5.75 Å². The second-order valence-corrected chi connectivity index (χ2v) is 6.75. The van der Waals surface area contributed by atoms with Crippen LogP contribution in [-0.2, 0) is 9.53 Å². The number of halogens is 1. The number of carbonyl (C=O) groups is 1. The molecule has 2 heterocycles. The molecule has 0 spiro atoms. The van der Waals surface area contributed by atoms with Gasteiger partial charge in [-0.2, -0.15) is 0 Å². The normalized spacial score (nSPS) is 26.6. The van der Waals surface area contributed by atoms with Crippen LogP contribution in [-0.4, -0.2) is 67.2 Å². The molecule has 0 bridgehead atoms. The van der Waals surface area contributed by atoms with E-state index in [2.05, 4.69) is 27.9 Å². The molecule has 0 unspecified atom stereocenters. The number of benzene rings is 1. The van der Waals surface area contributed by atoms with Crippen LogP contribution in [0, 0.1) is 0 Å². The highest BCUT2D eigenvalue weighted by Gasteiger charge is 2.41. The van der Waals surface area contributed by atoms with Gasteiger partial charge in [-0.15, -0.1) is 0 Å². The summed E-state index contributed by atoms with van der Waals surface area (Å²) in [6.45, 7) is 4.82. The van der Waals surface area contributed by atoms with Gasteiger partial charge in [0.2, 0.25) is 0 Å². The van der Waals surface area contributed by atoms with Crippen LogP contribution in [0.5, 0.6) is 5.75 Å². The molecule has 0 N–H and O–H groups in total. The van der Waals surface area contributed by atoms with E-state index in [-0.39, 0.29) is 12.0 Å². The van der Waals surface area contributed by atoms with Crippen molar-refractivity contribution < 1.29 is 14.3 Å². The van der Waals surface area contributed by atoms with Gasteiger partial charge in [0.05, 0.1) is 23.2 Å². The van der Waals surface area contributed by atoms with Crippen molar-refractivity contribution in [2.45, 2.75) is 25.2 Å². The number of fused-ring (bicyclic) bond motifs is 1. The molecule has 22 heavy (non-hydrogen) atoms. The molecule has 1 aromatic rings. The van der Waals surface area contributed by atoms with Crippen molar-refractivity contribution in [3.05, 3.63) is 28.7 Å². The molecular formula is C16H21BrN2O3. The maximum Gasteiger partial charge on any atom is 0.263 e. The first kappa shape index (κ1) is 15.8. The van der Waals surface area contributed by atoms with Crippen molar-refractivity contribution in [1.29, 1.82) is 0 Å². The van der Waals surface area contributed by atoms with Gasteiger partial charge in [-0.25, -0.2) is 0 Å². The summed E-state index contributed by atoms with van der Waals surface area (Å²) in [6, 6.07) is 7.87. The van der Waals surface area contributed by atoms with Gasteiger partial charge in [0.25, 0.3) is 5.91 Å². The Morgan fingerprint density at radius 1 is 1.41 bits per heavy atom. The zero-order chi connectivity index (χ0) is 15.7. The maximum atomic E-state index is 12.6. The third-order valence-corrected chi connectivity index (χ3v) is 5.03. The van der Waals surface area contributed by atoms with Crippen molar-refractivity contribution >= 4 is 21.8 Å². The third-order valence-electron chi connectivity index (χ3n) is 4.38. The molecule has 2 saturated heterocycles. The molecule has 2 aliphatic rings. The van der Waals surface area contributed by atoms with Crippen LogP contribution < -0.4 is 4.74 Å². The van der Waals surface area contributed by atoms with Crippen LogP contribution in [0.4, 0.5) is 0 Å². The Morgan fingerprint density at radius 3 is 2.91 bits per heavy atom. The minimum atomic E-state index is -0.510. The van der Waals surface area contributed by atoms with E-state index in [1.807, 2.05) is 29.2 Å². The van der Waals surface area contributed by atoms with Crippen LogP contribution in [0.3, 0.4) is 0 Å². The molecule has 3 atom stereocenters. The number of likely N-dealkylation sites (tertiary alicyclic amines) is 1. The molecule has 0 saturated carbocycles. The summed E-state index contributed by atoms with van der Waals surface area (Å²) in [4.78, 5) is 16.8. The van der Waals surface area contributed by atoms with E-state index in [4.69, 9.17) is 9.47 Å². The van der Waals surface area contributed by atoms with Gasteiger partial charge in [-0.05, 0) is 42.0 Å². The predicted octanol–water partition coefficient (Wildman–Crippen LogP) is 1.76. The molecule has 2 fully saturated rings. The predicted molar refractivity (Wildman–Crippen MR) is 87.0 cm³/mol. The maximum absolute atomic E-state index is 12.6. The van der Waals surface area contributed by atoms with Gasteiger partial charge in [-0.3, -0.25) is 9.69 Å². The lowest BCUT2D eigenvalue weighted by Gasteiger charge is -2.33. The lowest BCUT2D eigenvalue weighted by Crippen LogP contribution is -2.48. The van der Waals surface area contributed by atoms with Crippen molar-refractivity contribution in [3.63, 3.8) is 0 Å². The fourth-order valence-electron chi connectivity index (χ4n) is 3.08. The molecule has 6 heteroatoms. The van der Waals surface area contributed by atoms with Crippen LogP contribution >= 0.6 is 15.9 Å². The Bertz CT molecular complexity index is 554. The second-order valence-electron chi connectivity index (χ2n) is 5.89. The Morgan fingerprint density at radius 2 is 2.18 bits per heavy atom. The number of carbonyl (C=O) groups excluding carboxylic acids is 1. The first-order chi connectivity index (χ1) is 10.6. The lowest BCUT2D eigenvalue weighted by atomic mass is 10.1. The minimum Gasteiger partial charge on any atom is -0.480 e. The van der Waals surface area contributed by atoms with Crippen molar-refractivity contribution in [1.82, 2.24) is 9.80 Å². The summed E-state index contributed by atoms with van der Waals surface area (Å²) in [5, 5.41) is 0. The van der Waals surface area contributed by atoms with E-state index in [0.717, 1.165) is 17.6 Å². The number of amides is 1. The molecule has 1 aromatic carbocycles. The van der Waals surface area contributed by atoms with Crippen LogP contribution in [0.15, 0.2) is 28.7 Å². The van der Waals surface area contributed by atoms with Gasteiger partial charge in [0.15, 0.2) is 6.10 Å². The molecule has 2 aliphatic heterocycles. The Labute approximate surface area is 139 Å². The number of para-hydroxylation sites is 1. The summed E-state index contributed by atoms with van der Waals surface area (Å²) >= 11 is 3.44. The number of hydrogen-bond acceptors (Lipinski definition) is 4. The topological polar surface area (TPSA) is 42.0 Å². The molecule has 3 rings (SSSR count). The number of ether oxygens (including phenoxy) is 2. The molecule has 5 nitrogen and oxygen atoms in total. The first-order valence-electron chi connectivity index (χ1n) is 7.58. The van der Waals surface area contributed by atoms with E-state index in [9.17, 15) is 4.79 Å². The van der Waals surface area contributed by atoms with E-state index >= 15 is 0 Å². The van der Waals surface area contributed by atoms with Crippen LogP contribution in [0.25, 0.3) is 0 Å².